The van der Waals surface area contributed by atoms with Crippen LogP contribution in [0.2, 0.25) is 0 Å². The van der Waals surface area contributed by atoms with Gasteiger partial charge in [0.05, 0.1) is 42.7 Å². The number of aliphatic hydroxyl groups is 1. The van der Waals surface area contributed by atoms with E-state index < -0.39 is 11.0 Å². The van der Waals surface area contributed by atoms with Gasteiger partial charge in [-0.1, -0.05) is 0 Å². The average molecular weight is 465 g/mol. The van der Waals surface area contributed by atoms with Crippen LogP contribution in [-0.2, 0) is 11.0 Å². The summed E-state index contributed by atoms with van der Waals surface area (Å²) in [5.74, 6) is 3.41. The summed E-state index contributed by atoms with van der Waals surface area (Å²) in [6, 6.07) is 11.2. The minimum atomic E-state index is -1.63. The quantitative estimate of drug-likeness (QED) is 0.591. The predicted octanol–water partition coefficient (Wildman–Crippen LogP) is 4.00. The smallest absolute Gasteiger partial charge is 0.152 e. The molecule has 3 aromatic carbocycles. The maximum atomic E-state index is 12.9. The third-order valence-electron chi connectivity index (χ3n) is 7.30. The van der Waals surface area contributed by atoms with Gasteiger partial charge in [0, 0.05) is 40.3 Å². The molecule has 2 bridgehead atoms. The average Bonchev–Trinajstić information content (AvgIpc) is 2.88. The van der Waals surface area contributed by atoms with Crippen molar-refractivity contribution in [3.63, 3.8) is 0 Å². The standard InChI is InChI=1S/C27H28O7/c1-26-17-8-14(29-2)11-20(32-5)23(17)27(28,24-18(26)9-15(30-3)12-21(24)33-6)25-19(26)10-16(31-4)13-22(25)34-7/h8-13,28H,1-7H3. The van der Waals surface area contributed by atoms with Gasteiger partial charge in [-0.15, -0.1) is 0 Å². The van der Waals surface area contributed by atoms with Crippen LogP contribution in [0.3, 0.4) is 0 Å². The van der Waals surface area contributed by atoms with E-state index in [1.807, 2.05) is 18.2 Å². The Kier molecular flexibility index (Phi) is 4.88. The molecule has 178 valence electrons. The summed E-state index contributed by atoms with van der Waals surface area (Å²) in [6.45, 7) is 2.11. The van der Waals surface area contributed by atoms with Crippen LogP contribution in [0.25, 0.3) is 0 Å². The van der Waals surface area contributed by atoms with Gasteiger partial charge in [-0.05, 0) is 41.8 Å². The summed E-state index contributed by atoms with van der Waals surface area (Å²) in [4.78, 5) is 0. The molecule has 3 aliphatic rings. The molecule has 1 N–H and O–H groups in total. The molecule has 0 aliphatic heterocycles. The molecule has 6 rings (SSSR count). The minimum absolute atomic E-state index is 0.509. The second kappa shape index (κ2) is 7.46. The van der Waals surface area contributed by atoms with Gasteiger partial charge in [0.1, 0.15) is 34.5 Å². The zero-order valence-electron chi connectivity index (χ0n) is 20.4. The molecule has 0 atom stereocenters. The van der Waals surface area contributed by atoms with Gasteiger partial charge < -0.3 is 33.5 Å². The van der Waals surface area contributed by atoms with Crippen molar-refractivity contribution in [1.29, 1.82) is 0 Å². The molecule has 0 saturated heterocycles. The van der Waals surface area contributed by atoms with Crippen LogP contribution >= 0.6 is 0 Å². The molecule has 3 aromatic rings. The Morgan fingerprint density at radius 1 is 0.500 bits per heavy atom. The number of hydrogen-bond acceptors (Lipinski definition) is 7. The van der Waals surface area contributed by atoms with Gasteiger partial charge >= 0.3 is 0 Å². The van der Waals surface area contributed by atoms with E-state index in [9.17, 15) is 5.11 Å². The highest BCUT2D eigenvalue weighted by Crippen LogP contribution is 2.67. The van der Waals surface area contributed by atoms with Crippen molar-refractivity contribution in [3.05, 3.63) is 69.8 Å². The lowest BCUT2D eigenvalue weighted by Gasteiger charge is -2.53. The van der Waals surface area contributed by atoms with E-state index in [0.29, 0.717) is 51.2 Å². The highest BCUT2D eigenvalue weighted by atomic mass is 16.5. The maximum absolute atomic E-state index is 12.9. The zero-order chi connectivity index (χ0) is 24.4. The lowest BCUT2D eigenvalue weighted by Crippen LogP contribution is -2.50. The fourth-order valence-electron chi connectivity index (χ4n) is 5.72. The molecule has 0 radical (unpaired) electrons. The van der Waals surface area contributed by atoms with Crippen LogP contribution in [0.15, 0.2) is 36.4 Å². The van der Waals surface area contributed by atoms with Gasteiger partial charge in [0.25, 0.3) is 0 Å². The summed E-state index contributed by atoms with van der Waals surface area (Å²) in [5.41, 5.74) is 2.09. The molecule has 0 heterocycles. The fourth-order valence-corrected chi connectivity index (χ4v) is 5.72. The van der Waals surface area contributed by atoms with Crippen LogP contribution in [0, 0.1) is 0 Å². The Bertz CT molecular complexity index is 1150. The van der Waals surface area contributed by atoms with Crippen LogP contribution < -0.4 is 28.4 Å². The SMILES string of the molecule is COc1cc(OC)c2c(c1)C1(C)c3cc(OC)cc(OC)c3C2(O)c2c(OC)cc(OC)cc21. The maximum Gasteiger partial charge on any atom is 0.152 e. The molecular formula is C27H28O7. The van der Waals surface area contributed by atoms with Crippen molar-refractivity contribution in [2.24, 2.45) is 0 Å². The van der Waals surface area contributed by atoms with Crippen LogP contribution in [0.1, 0.15) is 40.3 Å². The van der Waals surface area contributed by atoms with Gasteiger partial charge in [0.15, 0.2) is 5.60 Å². The second-order valence-electron chi connectivity index (χ2n) is 8.59. The van der Waals surface area contributed by atoms with Crippen molar-refractivity contribution in [2.75, 3.05) is 42.7 Å². The number of benzene rings is 3. The van der Waals surface area contributed by atoms with Crippen molar-refractivity contribution < 1.29 is 33.5 Å². The Labute approximate surface area is 198 Å². The normalized spacial score (nSPS) is 21.2. The van der Waals surface area contributed by atoms with E-state index in [2.05, 4.69) is 6.92 Å². The third-order valence-corrected chi connectivity index (χ3v) is 7.30. The number of ether oxygens (including phenoxy) is 6. The second-order valence-corrected chi connectivity index (χ2v) is 8.59. The van der Waals surface area contributed by atoms with E-state index in [1.165, 1.54) is 0 Å². The van der Waals surface area contributed by atoms with Crippen LogP contribution in [-0.4, -0.2) is 47.8 Å². The van der Waals surface area contributed by atoms with E-state index >= 15 is 0 Å². The lowest BCUT2D eigenvalue weighted by atomic mass is 9.51. The predicted molar refractivity (Wildman–Crippen MR) is 126 cm³/mol. The van der Waals surface area contributed by atoms with E-state index in [0.717, 1.165) is 16.7 Å². The first-order valence-corrected chi connectivity index (χ1v) is 10.9. The Morgan fingerprint density at radius 3 is 1.03 bits per heavy atom. The largest absolute Gasteiger partial charge is 0.497 e. The summed E-state index contributed by atoms with van der Waals surface area (Å²) in [5, 5.41) is 12.9. The third kappa shape index (κ3) is 2.50. The van der Waals surface area contributed by atoms with Gasteiger partial charge in [0.2, 0.25) is 0 Å². The van der Waals surface area contributed by atoms with Gasteiger partial charge in [-0.3, -0.25) is 0 Å². The molecule has 0 fully saturated rings. The minimum Gasteiger partial charge on any atom is -0.497 e. The summed E-state index contributed by atoms with van der Waals surface area (Å²) in [7, 11) is 9.59. The molecule has 0 saturated carbocycles. The number of methoxy groups -OCH3 is 6. The highest BCUT2D eigenvalue weighted by molar-refractivity contribution is 5.81. The first-order chi connectivity index (χ1) is 16.3. The number of rotatable bonds is 6. The fraction of sp³-hybridized carbons (Fsp3) is 0.333. The molecule has 7 nitrogen and oxygen atoms in total. The Balaban J connectivity index is 2.05. The zero-order valence-corrected chi connectivity index (χ0v) is 20.4. The van der Waals surface area contributed by atoms with Gasteiger partial charge in [-0.25, -0.2) is 0 Å². The topological polar surface area (TPSA) is 75.6 Å². The molecule has 0 aromatic heterocycles. The van der Waals surface area contributed by atoms with E-state index in [1.54, 1.807) is 60.9 Å². The lowest BCUT2D eigenvalue weighted by molar-refractivity contribution is 0.0965. The van der Waals surface area contributed by atoms with Gasteiger partial charge in [-0.2, -0.15) is 0 Å². The summed E-state index contributed by atoms with van der Waals surface area (Å²) >= 11 is 0. The summed E-state index contributed by atoms with van der Waals surface area (Å²) in [6.07, 6.45) is 0. The monoisotopic (exact) mass is 464 g/mol. The summed E-state index contributed by atoms with van der Waals surface area (Å²) < 4.78 is 34.3. The van der Waals surface area contributed by atoms with E-state index in [4.69, 9.17) is 28.4 Å². The molecule has 34 heavy (non-hydrogen) atoms. The first-order valence-electron chi connectivity index (χ1n) is 10.9. The van der Waals surface area contributed by atoms with Crippen LogP contribution in [0.5, 0.6) is 34.5 Å². The van der Waals surface area contributed by atoms with Crippen molar-refractivity contribution >= 4 is 0 Å². The first kappa shape index (κ1) is 22.2. The molecule has 0 spiro atoms. The molecular weight excluding hydrogens is 436 g/mol. The van der Waals surface area contributed by atoms with Crippen molar-refractivity contribution in [3.8, 4) is 34.5 Å². The number of hydrogen-bond donors (Lipinski definition) is 1. The highest BCUT2D eigenvalue weighted by Gasteiger charge is 2.61. The Morgan fingerprint density at radius 2 is 0.794 bits per heavy atom. The van der Waals surface area contributed by atoms with Crippen molar-refractivity contribution in [1.82, 2.24) is 0 Å². The van der Waals surface area contributed by atoms with Crippen molar-refractivity contribution in [2.45, 2.75) is 17.9 Å². The van der Waals surface area contributed by atoms with E-state index in [-0.39, 0.29) is 0 Å². The molecule has 0 unspecified atom stereocenters. The molecule has 7 heteroatoms. The van der Waals surface area contributed by atoms with Crippen LogP contribution in [0.4, 0.5) is 0 Å². The molecule has 3 aliphatic carbocycles. The Hall–Kier alpha value is -3.58. The molecule has 0 amide bonds.